The van der Waals surface area contributed by atoms with Crippen molar-refractivity contribution >= 4 is 38.9 Å². The van der Waals surface area contributed by atoms with Crippen LogP contribution >= 0.6 is 15.9 Å². The van der Waals surface area contributed by atoms with Gasteiger partial charge in [-0.25, -0.2) is 9.59 Å². The summed E-state index contributed by atoms with van der Waals surface area (Å²) in [6, 6.07) is 0. The molecule has 0 aliphatic heterocycles. The number of alkyl halides is 5. The van der Waals surface area contributed by atoms with Crippen molar-refractivity contribution in [2.75, 3.05) is 13.2 Å². The van der Waals surface area contributed by atoms with E-state index in [-0.39, 0.29) is 18.6 Å². The number of rotatable bonds is 7. The van der Waals surface area contributed by atoms with Gasteiger partial charge >= 0.3 is 22.0 Å². The standard InChI is InChI=1S/C6H7BrF2O2.C6H8F2O4S.CH3/c1-4(2)5(10)11-3-6(7,8)9;1-4(2)5(9)12-3-6(7,8)13(10)11;/h1,3H2,2H3;1,3H2,2H3,(H,10,11);1H3/q;;+1/p-1. The summed E-state index contributed by atoms with van der Waals surface area (Å²) in [6.45, 7) is 6.53. The van der Waals surface area contributed by atoms with Crippen molar-refractivity contribution in [2.24, 2.45) is 0 Å². The molecule has 0 bridgehead atoms. The van der Waals surface area contributed by atoms with Gasteiger partial charge in [-0.2, -0.15) is 17.6 Å². The van der Waals surface area contributed by atoms with Crippen molar-refractivity contribution in [1.29, 1.82) is 0 Å². The lowest BCUT2D eigenvalue weighted by atomic mass is 10.4. The molecule has 0 aliphatic rings. The number of carbonyl (C=O) groups excluding carboxylic acids is 2. The first kappa shape index (κ1) is 28.4. The average Bonchev–Trinajstić information content (AvgIpc) is 2.41. The van der Waals surface area contributed by atoms with Crippen molar-refractivity contribution < 1.29 is 45.4 Å². The zero-order chi connectivity index (χ0) is 19.7. The molecule has 6 nitrogen and oxygen atoms in total. The van der Waals surface area contributed by atoms with E-state index in [1.165, 1.54) is 13.8 Å². The topological polar surface area (TPSA) is 92.7 Å². The van der Waals surface area contributed by atoms with E-state index in [1.54, 1.807) is 0 Å². The smallest absolute Gasteiger partial charge is 0.342 e. The van der Waals surface area contributed by atoms with E-state index in [4.69, 9.17) is 0 Å². The van der Waals surface area contributed by atoms with E-state index >= 15 is 0 Å². The molecule has 12 heteroatoms. The van der Waals surface area contributed by atoms with Gasteiger partial charge in [-0.1, -0.05) is 13.2 Å². The summed E-state index contributed by atoms with van der Waals surface area (Å²) in [6.07, 6.45) is 0. The van der Waals surface area contributed by atoms with Gasteiger partial charge in [-0.15, -0.1) is 0 Å². The minimum absolute atomic E-state index is 0. The number of carbonyl (C=O) groups is 2. The van der Waals surface area contributed by atoms with Gasteiger partial charge in [0.1, 0.15) is 0 Å². The van der Waals surface area contributed by atoms with E-state index in [0.29, 0.717) is 0 Å². The fourth-order valence-corrected chi connectivity index (χ4v) is 0.861. The van der Waals surface area contributed by atoms with E-state index in [9.17, 15) is 35.9 Å². The minimum Gasteiger partial charge on any atom is -0.768 e. The predicted molar refractivity (Wildman–Crippen MR) is 85.7 cm³/mol. The molecule has 1 unspecified atom stereocenters. The maximum atomic E-state index is 12.3. The van der Waals surface area contributed by atoms with Crippen LogP contribution in [0.15, 0.2) is 24.3 Å². The molecule has 0 aromatic heterocycles. The predicted octanol–water partition coefficient (Wildman–Crippen LogP) is 3.12. The number of esters is 2. The Morgan fingerprint density at radius 3 is 1.60 bits per heavy atom. The number of hydrogen-bond acceptors (Lipinski definition) is 6. The van der Waals surface area contributed by atoms with Gasteiger partial charge in [-0.05, 0) is 29.8 Å². The zero-order valence-electron chi connectivity index (χ0n) is 13.6. The largest absolute Gasteiger partial charge is 0.768 e. The van der Waals surface area contributed by atoms with Crippen LogP contribution < -0.4 is 0 Å². The lowest BCUT2D eigenvalue weighted by molar-refractivity contribution is -0.145. The monoisotopic (exact) mass is 456 g/mol. The van der Waals surface area contributed by atoms with E-state index in [1.807, 2.05) is 15.9 Å². The Bertz CT molecular complexity index is 519. The summed E-state index contributed by atoms with van der Waals surface area (Å²) in [5, 5.41) is -4.05. The van der Waals surface area contributed by atoms with Crippen LogP contribution in [0.2, 0.25) is 0 Å². The molecule has 25 heavy (non-hydrogen) atoms. The van der Waals surface area contributed by atoms with Gasteiger partial charge in [-0.3, -0.25) is 4.21 Å². The molecule has 0 aromatic rings. The molecule has 0 saturated carbocycles. The molecular weight excluding hydrogens is 440 g/mol. The number of ether oxygens (including phenoxy) is 2. The SMILES string of the molecule is C=C(C)C(=O)OCC(F)(F)Br.C=C(C)C(=O)OCC(F)(F)S(=O)[O-].[CH3+]. The van der Waals surface area contributed by atoms with E-state index in [0.717, 1.165) is 0 Å². The van der Waals surface area contributed by atoms with Crippen molar-refractivity contribution in [2.45, 2.75) is 23.9 Å². The lowest BCUT2D eigenvalue weighted by Gasteiger charge is -2.18. The van der Waals surface area contributed by atoms with Crippen LogP contribution in [-0.2, 0) is 30.1 Å². The summed E-state index contributed by atoms with van der Waals surface area (Å²) >= 11 is -1.58. The van der Waals surface area contributed by atoms with Gasteiger partial charge in [0.05, 0.1) is 0 Å². The maximum Gasteiger partial charge on any atom is 0.342 e. The first-order valence-corrected chi connectivity index (χ1v) is 7.66. The molecule has 0 N–H and O–H groups in total. The van der Waals surface area contributed by atoms with Crippen molar-refractivity contribution in [3.63, 3.8) is 0 Å². The highest BCUT2D eigenvalue weighted by Crippen LogP contribution is 2.21. The van der Waals surface area contributed by atoms with Crippen LogP contribution in [0, 0.1) is 7.43 Å². The van der Waals surface area contributed by atoms with Crippen LogP contribution in [0.5, 0.6) is 0 Å². The van der Waals surface area contributed by atoms with E-state index < -0.39 is 46.3 Å². The maximum absolute atomic E-state index is 12.3. The Kier molecular flexibility index (Phi) is 13.7. The number of halogens is 5. The first-order chi connectivity index (χ1) is 10.6. The summed E-state index contributed by atoms with van der Waals surface area (Å²) in [7, 11) is 0. The van der Waals surface area contributed by atoms with Crippen LogP contribution in [0.3, 0.4) is 0 Å². The Morgan fingerprint density at radius 1 is 1.04 bits per heavy atom. The van der Waals surface area contributed by atoms with Crippen LogP contribution in [0.4, 0.5) is 17.6 Å². The molecule has 0 aliphatic carbocycles. The van der Waals surface area contributed by atoms with E-state index in [2.05, 4.69) is 22.6 Å². The molecule has 0 fully saturated rings. The van der Waals surface area contributed by atoms with Gasteiger partial charge in [0.2, 0.25) is 0 Å². The van der Waals surface area contributed by atoms with Crippen molar-refractivity contribution in [3.05, 3.63) is 31.7 Å². The fourth-order valence-electron chi connectivity index (χ4n) is 0.591. The van der Waals surface area contributed by atoms with Gasteiger partial charge in [0.25, 0.3) is 0 Å². The van der Waals surface area contributed by atoms with Crippen LogP contribution in [-0.4, -0.2) is 44.0 Å². The molecule has 0 aromatic carbocycles. The Morgan fingerprint density at radius 2 is 1.36 bits per heavy atom. The third-order valence-corrected chi connectivity index (χ3v) is 2.51. The summed E-state index contributed by atoms with van der Waals surface area (Å²) in [5.41, 5.74) is 0.0224. The van der Waals surface area contributed by atoms with Crippen molar-refractivity contribution in [1.82, 2.24) is 0 Å². The minimum atomic E-state index is -4.05. The van der Waals surface area contributed by atoms with Gasteiger partial charge in [0.15, 0.2) is 13.2 Å². The normalized spacial score (nSPS) is 11.8. The second-order valence-electron chi connectivity index (χ2n) is 4.20. The molecule has 146 valence electrons. The lowest BCUT2D eigenvalue weighted by Crippen LogP contribution is -2.30. The molecular formula is C13H17BrF4O6S. The molecule has 0 rings (SSSR count). The molecule has 0 radical (unpaired) electrons. The molecule has 0 saturated heterocycles. The quantitative estimate of drug-likeness (QED) is 0.146. The van der Waals surface area contributed by atoms with Crippen molar-refractivity contribution in [3.8, 4) is 0 Å². The molecule has 1 atom stereocenters. The Balaban J connectivity index is -0.000000377. The molecule has 0 amide bonds. The zero-order valence-corrected chi connectivity index (χ0v) is 16.0. The highest BCUT2D eigenvalue weighted by molar-refractivity contribution is 9.10. The highest BCUT2D eigenvalue weighted by Gasteiger charge is 2.32. The molecule has 0 spiro atoms. The molecule has 0 heterocycles. The highest BCUT2D eigenvalue weighted by atomic mass is 79.9. The fraction of sp³-hybridized carbons (Fsp3) is 0.462. The van der Waals surface area contributed by atoms with Gasteiger partial charge in [0, 0.05) is 29.7 Å². The van der Waals surface area contributed by atoms with Crippen LogP contribution in [0.25, 0.3) is 0 Å². The Hall–Kier alpha value is -1.40. The average molecular weight is 457 g/mol. The summed E-state index contributed by atoms with van der Waals surface area (Å²) in [4.78, 5) is 17.9. The van der Waals surface area contributed by atoms with Crippen LogP contribution in [0.1, 0.15) is 13.8 Å². The number of hydrogen-bond donors (Lipinski definition) is 0. The second kappa shape index (κ2) is 12.0. The van der Waals surface area contributed by atoms with Gasteiger partial charge < -0.3 is 14.0 Å². The summed E-state index contributed by atoms with van der Waals surface area (Å²) < 4.78 is 76.2. The third-order valence-electron chi connectivity index (χ3n) is 1.68. The Labute approximate surface area is 153 Å². The second-order valence-corrected chi connectivity index (χ2v) is 6.43. The third kappa shape index (κ3) is 15.8. The first-order valence-electron chi connectivity index (χ1n) is 5.79. The summed E-state index contributed by atoms with van der Waals surface area (Å²) in [5.74, 6) is -1.87.